The van der Waals surface area contributed by atoms with E-state index in [-0.39, 0.29) is 25.2 Å². The highest BCUT2D eigenvalue weighted by Gasteiger charge is 2.24. The molecule has 2 rings (SSSR count). The van der Waals surface area contributed by atoms with Gasteiger partial charge in [0.25, 0.3) is 0 Å². The molecule has 2 heterocycles. The van der Waals surface area contributed by atoms with Crippen LogP contribution in [-0.2, 0) is 27.4 Å². The Hall–Kier alpha value is -2.00. The van der Waals surface area contributed by atoms with E-state index >= 15 is 0 Å². The fourth-order valence-corrected chi connectivity index (χ4v) is 2.21. The van der Waals surface area contributed by atoms with E-state index < -0.39 is 5.97 Å². The van der Waals surface area contributed by atoms with E-state index in [4.69, 9.17) is 15.6 Å². The molecule has 0 saturated carbocycles. The molecule has 9 heteroatoms. The number of piperidine rings is 1. The Balaban J connectivity index is 1.76. The SMILES string of the molecule is NCc1cn(CC(=O)N2CCC(OCC(=O)O)CC2)nn1. The van der Waals surface area contributed by atoms with Gasteiger partial charge >= 0.3 is 5.97 Å². The zero-order valence-corrected chi connectivity index (χ0v) is 11.6. The Morgan fingerprint density at radius 3 is 2.71 bits per heavy atom. The number of hydrogen-bond acceptors (Lipinski definition) is 6. The molecule has 0 radical (unpaired) electrons. The first-order chi connectivity index (χ1) is 10.1. The number of carbonyl (C=O) groups is 2. The number of ether oxygens (including phenoxy) is 1. The summed E-state index contributed by atoms with van der Waals surface area (Å²) < 4.78 is 6.70. The van der Waals surface area contributed by atoms with Crippen molar-refractivity contribution >= 4 is 11.9 Å². The molecule has 21 heavy (non-hydrogen) atoms. The van der Waals surface area contributed by atoms with Crippen LogP contribution < -0.4 is 5.73 Å². The van der Waals surface area contributed by atoms with E-state index in [1.165, 1.54) is 4.68 Å². The molecular formula is C12H19N5O4. The minimum atomic E-state index is -0.976. The van der Waals surface area contributed by atoms with Crippen molar-refractivity contribution in [2.24, 2.45) is 5.73 Å². The summed E-state index contributed by atoms with van der Waals surface area (Å²) in [5, 5.41) is 16.2. The van der Waals surface area contributed by atoms with Gasteiger partial charge in [-0.3, -0.25) is 4.79 Å². The molecule has 1 aliphatic heterocycles. The van der Waals surface area contributed by atoms with Gasteiger partial charge < -0.3 is 20.5 Å². The summed E-state index contributed by atoms with van der Waals surface area (Å²) in [6.07, 6.45) is 2.84. The fourth-order valence-electron chi connectivity index (χ4n) is 2.21. The van der Waals surface area contributed by atoms with Crippen LogP contribution in [0.15, 0.2) is 6.20 Å². The molecule has 1 aromatic heterocycles. The van der Waals surface area contributed by atoms with Gasteiger partial charge in [-0.15, -0.1) is 5.10 Å². The van der Waals surface area contributed by atoms with E-state index in [1.807, 2.05) is 0 Å². The third kappa shape index (κ3) is 4.50. The van der Waals surface area contributed by atoms with E-state index in [0.29, 0.717) is 38.2 Å². The van der Waals surface area contributed by atoms with E-state index in [9.17, 15) is 9.59 Å². The van der Waals surface area contributed by atoms with Crippen LogP contribution in [0.5, 0.6) is 0 Å². The topological polar surface area (TPSA) is 124 Å². The lowest BCUT2D eigenvalue weighted by Crippen LogP contribution is -2.42. The number of hydrogen-bond donors (Lipinski definition) is 2. The van der Waals surface area contributed by atoms with Crippen molar-refractivity contribution < 1.29 is 19.4 Å². The summed E-state index contributed by atoms with van der Waals surface area (Å²) in [5.41, 5.74) is 6.08. The van der Waals surface area contributed by atoms with Crippen LogP contribution in [0.4, 0.5) is 0 Å². The molecule has 1 aliphatic rings. The molecule has 116 valence electrons. The number of rotatable bonds is 6. The van der Waals surface area contributed by atoms with Gasteiger partial charge in [0, 0.05) is 19.6 Å². The largest absolute Gasteiger partial charge is 0.480 e. The molecule has 3 N–H and O–H groups in total. The normalized spacial score (nSPS) is 16.1. The van der Waals surface area contributed by atoms with E-state index in [2.05, 4.69) is 10.3 Å². The van der Waals surface area contributed by atoms with Gasteiger partial charge in [-0.2, -0.15) is 0 Å². The van der Waals surface area contributed by atoms with Gasteiger partial charge in [0.05, 0.1) is 18.0 Å². The smallest absolute Gasteiger partial charge is 0.329 e. The van der Waals surface area contributed by atoms with Crippen molar-refractivity contribution in [3.8, 4) is 0 Å². The molecule has 0 bridgehead atoms. The third-order valence-corrected chi connectivity index (χ3v) is 3.33. The number of nitrogens with zero attached hydrogens (tertiary/aromatic N) is 4. The molecule has 0 aliphatic carbocycles. The minimum Gasteiger partial charge on any atom is -0.480 e. The van der Waals surface area contributed by atoms with Crippen LogP contribution in [0, 0.1) is 0 Å². The van der Waals surface area contributed by atoms with Crippen molar-refractivity contribution in [3.63, 3.8) is 0 Å². The number of carboxylic acids is 1. The summed E-state index contributed by atoms with van der Waals surface area (Å²) in [4.78, 5) is 24.3. The Morgan fingerprint density at radius 1 is 1.43 bits per heavy atom. The molecule has 0 spiro atoms. The lowest BCUT2D eigenvalue weighted by Gasteiger charge is -2.31. The predicted octanol–water partition coefficient (Wildman–Crippen LogP) is -1.17. The van der Waals surface area contributed by atoms with Crippen molar-refractivity contribution in [2.45, 2.75) is 32.0 Å². The average Bonchev–Trinajstić information content (AvgIpc) is 2.93. The first kappa shape index (κ1) is 15.4. The number of aromatic nitrogens is 3. The number of nitrogens with two attached hydrogens (primary N) is 1. The Labute approximate surface area is 121 Å². The number of amides is 1. The van der Waals surface area contributed by atoms with Gasteiger partial charge in [0.2, 0.25) is 5.91 Å². The first-order valence-corrected chi connectivity index (χ1v) is 6.78. The molecule has 1 fully saturated rings. The molecular weight excluding hydrogens is 278 g/mol. The highest BCUT2D eigenvalue weighted by Crippen LogP contribution is 2.14. The summed E-state index contributed by atoms with van der Waals surface area (Å²) in [5.74, 6) is -1.02. The van der Waals surface area contributed by atoms with Crippen molar-refractivity contribution in [3.05, 3.63) is 11.9 Å². The lowest BCUT2D eigenvalue weighted by atomic mass is 10.1. The number of likely N-dealkylation sites (tertiary alicyclic amines) is 1. The van der Waals surface area contributed by atoms with E-state index in [1.54, 1.807) is 11.1 Å². The van der Waals surface area contributed by atoms with Gasteiger partial charge in [-0.25, -0.2) is 9.48 Å². The predicted molar refractivity (Wildman–Crippen MR) is 71.1 cm³/mol. The summed E-state index contributed by atoms with van der Waals surface area (Å²) in [6, 6.07) is 0. The minimum absolute atomic E-state index is 0.0415. The molecule has 9 nitrogen and oxygen atoms in total. The van der Waals surface area contributed by atoms with Crippen LogP contribution in [0.2, 0.25) is 0 Å². The highest BCUT2D eigenvalue weighted by molar-refractivity contribution is 5.76. The summed E-state index contributed by atoms with van der Waals surface area (Å²) in [6.45, 7) is 1.25. The third-order valence-electron chi connectivity index (χ3n) is 3.33. The maximum absolute atomic E-state index is 12.1. The fraction of sp³-hybridized carbons (Fsp3) is 0.667. The molecule has 0 unspecified atom stereocenters. The number of carboxylic acid groups (broad SMARTS) is 1. The standard InChI is InChI=1S/C12H19N5O4/c13-5-9-6-17(15-14-9)7-11(18)16-3-1-10(2-4-16)21-8-12(19)20/h6,10H,1-5,7-8,13H2,(H,19,20). The van der Waals surface area contributed by atoms with Gasteiger partial charge in [0.15, 0.2) is 0 Å². The highest BCUT2D eigenvalue weighted by atomic mass is 16.5. The first-order valence-electron chi connectivity index (χ1n) is 6.78. The Bertz CT molecular complexity index is 496. The van der Waals surface area contributed by atoms with Crippen molar-refractivity contribution in [1.82, 2.24) is 19.9 Å². The molecule has 1 amide bonds. The van der Waals surface area contributed by atoms with Crippen LogP contribution in [-0.4, -0.2) is 62.7 Å². The van der Waals surface area contributed by atoms with Crippen LogP contribution in [0.1, 0.15) is 18.5 Å². The van der Waals surface area contributed by atoms with E-state index in [0.717, 1.165) is 0 Å². The molecule has 1 saturated heterocycles. The maximum atomic E-state index is 12.1. The number of aliphatic carboxylic acids is 1. The summed E-state index contributed by atoms with van der Waals surface area (Å²) in [7, 11) is 0. The van der Waals surface area contributed by atoms with Crippen LogP contribution in [0.3, 0.4) is 0 Å². The Morgan fingerprint density at radius 2 is 2.14 bits per heavy atom. The van der Waals surface area contributed by atoms with Crippen LogP contribution in [0.25, 0.3) is 0 Å². The van der Waals surface area contributed by atoms with Crippen molar-refractivity contribution in [2.75, 3.05) is 19.7 Å². The quantitative estimate of drug-likeness (QED) is 0.678. The van der Waals surface area contributed by atoms with Gasteiger partial charge in [0.1, 0.15) is 13.2 Å². The average molecular weight is 297 g/mol. The molecule has 0 atom stereocenters. The van der Waals surface area contributed by atoms with Gasteiger partial charge in [-0.1, -0.05) is 5.21 Å². The Kier molecular flexibility index (Phi) is 5.23. The van der Waals surface area contributed by atoms with Crippen LogP contribution >= 0.6 is 0 Å². The summed E-state index contributed by atoms with van der Waals surface area (Å²) >= 11 is 0. The maximum Gasteiger partial charge on any atom is 0.329 e. The monoisotopic (exact) mass is 297 g/mol. The second-order valence-corrected chi connectivity index (χ2v) is 4.90. The number of carbonyl (C=O) groups excluding carboxylic acids is 1. The second-order valence-electron chi connectivity index (χ2n) is 4.90. The molecule has 0 aromatic carbocycles. The second kappa shape index (κ2) is 7.14. The zero-order chi connectivity index (χ0) is 15.2. The lowest BCUT2D eigenvalue weighted by molar-refractivity contribution is -0.147. The van der Waals surface area contributed by atoms with Gasteiger partial charge in [-0.05, 0) is 12.8 Å². The zero-order valence-electron chi connectivity index (χ0n) is 11.6. The van der Waals surface area contributed by atoms with Crippen molar-refractivity contribution in [1.29, 1.82) is 0 Å². The molecule has 1 aromatic rings.